The average Bonchev–Trinajstić information content (AvgIpc) is 3.17. The summed E-state index contributed by atoms with van der Waals surface area (Å²) in [7, 11) is 0. The second-order valence-corrected chi connectivity index (χ2v) is 7.28. The van der Waals surface area contributed by atoms with Crippen LogP contribution in [0.4, 0.5) is 0 Å². The summed E-state index contributed by atoms with van der Waals surface area (Å²) in [5.41, 5.74) is 1.28. The molecule has 0 aliphatic rings. The highest BCUT2D eigenvalue weighted by atomic mass is 32.1. The third-order valence-electron chi connectivity index (χ3n) is 2.89. The van der Waals surface area contributed by atoms with Crippen LogP contribution < -0.4 is 9.47 Å². The quantitative estimate of drug-likeness (QED) is 0.549. The molecule has 0 fully saturated rings. The second kappa shape index (κ2) is 6.64. The molecule has 2 nitrogen and oxygen atoms in total. The predicted molar refractivity (Wildman–Crippen MR) is 93.3 cm³/mol. The molecule has 3 rings (SSSR count). The van der Waals surface area contributed by atoms with Gasteiger partial charge in [0.25, 0.3) is 0 Å². The van der Waals surface area contributed by atoms with Gasteiger partial charge in [0.2, 0.25) is 0 Å². The van der Waals surface area contributed by atoms with Gasteiger partial charge < -0.3 is 9.47 Å². The van der Waals surface area contributed by atoms with Crippen LogP contribution in [-0.4, -0.2) is 13.2 Å². The van der Waals surface area contributed by atoms with Crippen LogP contribution in [0.1, 0.15) is 13.8 Å². The van der Waals surface area contributed by atoms with Crippen molar-refractivity contribution in [3.05, 3.63) is 35.7 Å². The molecule has 21 heavy (non-hydrogen) atoms. The molecule has 0 aliphatic carbocycles. The first-order valence-corrected chi connectivity index (χ1v) is 9.36. The molecule has 0 aliphatic heterocycles. The first-order chi connectivity index (χ1) is 10.3. The molecule has 0 saturated heterocycles. The fourth-order valence-electron chi connectivity index (χ4n) is 2.04. The lowest BCUT2D eigenvalue weighted by atomic mass is 10.2. The molecule has 3 aromatic heterocycles. The van der Waals surface area contributed by atoms with Crippen molar-refractivity contribution in [2.75, 3.05) is 13.2 Å². The smallest absolute Gasteiger partial charge is 0.174 e. The van der Waals surface area contributed by atoms with E-state index in [1.165, 1.54) is 20.2 Å². The van der Waals surface area contributed by atoms with E-state index in [2.05, 4.69) is 23.6 Å². The minimum Gasteiger partial charge on any atom is -0.484 e. The van der Waals surface area contributed by atoms with Gasteiger partial charge in [0.05, 0.1) is 18.1 Å². The zero-order valence-corrected chi connectivity index (χ0v) is 14.4. The van der Waals surface area contributed by atoms with Gasteiger partial charge in [-0.15, -0.1) is 11.3 Å². The van der Waals surface area contributed by atoms with E-state index in [0.29, 0.717) is 13.2 Å². The summed E-state index contributed by atoms with van der Waals surface area (Å²) in [4.78, 5) is 3.81. The van der Waals surface area contributed by atoms with E-state index in [-0.39, 0.29) is 0 Å². The molecule has 0 amide bonds. The standard InChI is InChI=1S/C16H16O2S3/c1-3-17-14-7-5-12(20-14)11-9-10-19-16(11)13-6-8-15(21-13)18-4-2/h5-10H,3-4H2,1-2H3. The number of ether oxygens (including phenoxy) is 2. The summed E-state index contributed by atoms with van der Waals surface area (Å²) in [6.07, 6.45) is 0. The number of thiophene rings is 3. The van der Waals surface area contributed by atoms with Crippen LogP contribution in [0.25, 0.3) is 20.2 Å². The Morgan fingerprint density at radius 2 is 1.43 bits per heavy atom. The van der Waals surface area contributed by atoms with Crippen molar-refractivity contribution in [1.82, 2.24) is 0 Å². The van der Waals surface area contributed by atoms with E-state index >= 15 is 0 Å². The fraction of sp³-hybridized carbons (Fsp3) is 0.250. The van der Waals surface area contributed by atoms with Crippen LogP contribution in [0, 0.1) is 0 Å². The minimum atomic E-state index is 0.707. The van der Waals surface area contributed by atoms with Crippen LogP contribution in [0.3, 0.4) is 0 Å². The average molecular weight is 337 g/mol. The number of hydrogen-bond donors (Lipinski definition) is 0. The Morgan fingerprint density at radius 3 is 2.10 bits per heavy atom. The first kappa shape index (κ1) is 14.6. The monoisotopic (exact) mass is 336 g/mol. The van der Waals surface area contributed by atoms with E-state index in [9.17, 15) is 0 Å². The maximum atomic E-state index is 5.57. The molecule has 0 spiro atoms. The zero-order chi connectivity index (χ0) is 14.7. The highest BCUT2D eigenvalue weighted by Gasteiger charge is 2.14. The van der Waals surface area contributed by atoms with Crippen molar-refractivity contribution in [3.63, 3.8) is 0 Å². The van der Waals surface area contributed by atoms with E-state index < -0.39 is 0 Å². The second-order valence-electron chi connectivity index (χ2n) is 4.27. The van der Waals surface area contributed by atoms with Crippen molar-refractivity contribution < 1.29 is 9.47 Å². The summed E-state index contributed by atoms with van der Waals surface area (Å²) in [5.74, 6) is 0. The van der Waals surface area contributed by atoms with E-state index in [1.807, 2.05) is 26.0 Å². The van der Waals surface area contributed by atoms with Crippen molar-refractivity contribution in [3.8, 4) is 30.3 Å². The van der Waals surface area contributed by atoms with Crippen LogP contribution in [0.5, 0.6) is 10.1 Å². The molecular formula is C16H16O2S3. The lowest BCUT2D eigenvalue weighted by Gasteiger charge is -2.00. The minimum absolute atomic E-state index is 0.707. The number of rotatable bonds is 6. The van der Waals surface area contributed by atoms with Gasteiger partial charge in [-0.3, -0.25) is 0 Å². The Hall–Kier alpha value is -1.30. The maximum Gasteiger partial charge on any atom is 0.174 e. The van der Waals surface area contributed by atoms with Gasteiger partial charge in [-0.25, -0.2) is 0 Å². The SMILES string of the molecule is CCOc1ccc(-c2ccsc2-c2ccc(OCC)s2)s1. The molecule has 3 heterocycles. The van der Waals surface area contributed by atoms with Crippen molar-refractivity contribution in [2.45, 2.75) is 13.8 Å². The molecule has 110 valence electrons. The highest BCUT2D eigenvalue weighted by molar-refractivity contribution is 7.23. The maximum absolute atomic E-state index is 5.57. The summed E-state index contributed by atoms with van der Waals surface area (Å²) in [6.45, 7) is 5.44. The topological polar surface area (TPSA) is 18.5 Å². The largest absolute Gasteiger partial charge is 0.484 e. The number of hydrogen-bond acceptors (Lipinski definition) is 5. The Balaban J connectivity index is 1.91. The molecule has 0 bridgehead atoms. The molecule has 5 heteroatoms. The van der Waals surface area contributed by atoms with E-state index in [4.69, 9.17) is 9.47 Å². The van der Waals surface area contributed by atoms with Gasteiger partial charge in [0, 0.05) is 15.3 Å². The molecule has 0 saturated carbocycles. The lowest BCUT2D eigenvalue weighted by Crippen LogP contribution is -1.86. The molecule has 0 radical (unpaired) electrons. The van der Waals surface area contributed by atoms with Crippen LogP contribution >= 0.6 is 34.0 Å². The van der Waals surface area contributed by atoms with Crippen molar-refractivity contribution >= 4 is 34.0 Å². The van der Waals surface area contributed by atoms with Gasteiger partial charge in [0.15, 0.2) is 10.1 Å². The van der Waals surface area contributed by atoms with Crippen LogP contribution in [0.2, 0.25) is 0 Å². The van der Waals surface area contributed by atoms with Gasteiger partial charge >= 0.3 is 0 Å². The van der Waals surface area contributed by atoms with E-state index in [1.54, 1.807) is 34.0 Å². The summed E-state index contributed by atoms with van der Waals surface area (Å²) in [5, 5.41) is 4.10. The van der Waals surface area contributed by atoms with Crippen LogP contribution in [-0.2, 0) is 0 Å². The van der Waals surface area contributed by atoms with Crippen molar-refractivity contribution in [1.29, 1.82) is 0 Å². The lowest BCUT2D eigenvalue weighted by molar-refractivity contribution is 0.350. The summed E-state index contributed by atoms with van der Waals surface area (Å²) >= 11 is 5.17. The molecule has 0 atom stereocenters. The molecule has 0 aromatic carbocycles. The Labute approximate surface area is 136 Å². The van der Waals surface area contributed by atoms with Crippen molar-refractivity contribution in [2.24, 2.45) is 0 Å². The summed E-state index contributed by atoms with van der Waals surface area (Å²) in [6, 6.07) is 10.6. The summed E-state index contributed by atoms with van der Waals surface area (Å²) < 4.78 is 11.1. The molecule has 3 aromatic rings. The van der Waals surface area contributed by atoms with Gasteiger partial charge in [-0.05, 0) is 49.6 Å². The Kier molecular flexibility index (Phi) is 4.63. The molecule has 0 N–H and O–H groups in total. The normalized spacial score (nSPS) is 10.8. The zero-order valence-electron chi connectivity index (χ0n) is 11.9. The van der Waals surface area contributed by atoms with Crippen LogP contribution in [0.15, 0.2) is 35.7 Å². The first-order valence-electron chi connectivity index (χ1n) is 6.85. The van der Waals surface area contributed by atoms with Gasteiger partial charge in [-0.2, -0.15) is 0 Å². The molecule has 0 unspecified atom stereocenters. The van der Waals surface area contributed by atoms with E-state index in [0.717, 1.165) is 10.1 Å². The van der Waals surface area contributed by atoms with Gasteiger partial charge in [-0.1, -0.05) is 22.7 Å². The molecular weight excluding hydrogens is 320 g/mol. The third-order valence-corrected chi connectivity index (χ3v) is 6.01. The fourth-order valence-corrected chi connectivity index (χ4v) is 5.02. The third kappa shape index (κ3) is 3.15. The van der Waals surface area contributed by atoms with Gasteiger partial charge in [0.1, 0.15) is 0 Å². The highest BCUT2D eigenvalue weighted by Crippen LogP contribution is 2.44. The predicted octanol–water partition coefficient (Wildman–Crippen LogP) is 6.00. The Morgan fingerprint density at radius 1 is 0.810 bits per heavy atom. The Bertz CT molecular complexity index is 650.